The number of benzene rings is 1. The Hall–Kier alpha value is -3.67. The highest BCUT2D eigenvalue weighted by molar-refractivity contribution is 6.02. The first-order chi connectivity index (χ1) is 16.6. The second-order valence-electron chi connectivity index (χ2n) is 9.78. The third-order valence-corrected chi connectivity index (χ3v) is 7.31. The van der Waals surface area contributed by atoms with Crippen molar-refractivity contribution in [3.05, 3.63) is 35.4 Å². The minimum absolute atomic E-state index is 0.0111. The summed E-state index contributed by atoms with van der Waals surface area (Å²) < 4.78 is 0. The molecule has 1 aromatic carbocycles. The summed E-state index contributed by atoms with van der Waals surface area (Å²) in [7, 11) is 0. The van der Waals surface area contributed by atoms with Crippen molar-refractivity contribution in [2.75, 3.05) is 13.1 Å². The minimum Gasteiger partial charge on any atom is -0.386 e. The van der Waals surface area contributed by atoms with Crippen LogP contribution in [0.3, 0.4) is 0 Å². The molecule has 12 heteroatoms. The zero-order chi connectivity index (χ0) is 25.1. The van der Waals surface area contributed by atoms with Gasteiger partial charge in [0.1, 0.15) is 12.1 Å². The van der Waals surface area contributed by atoms with Gasteiger partial charge in [-0.05, 0) is 23.6 Å². The number of nitrogens with two attached hydrogens (primary N) is 2. The van der Waals surface area contributed by atoms with Crippen molar-refractivity contribution in [1.82, 2.24) is 20.4 Å². The standard InChI is InChI=1S/C23H30N8O4/c1-11(2)12-4-3-5-13(8-12)20(35)26-15-10-31-22(25)27-14(9-30-16(32)6-7-17(30)33)18-23(31,19(15)34)29-21(24)28-18/h3-5,8,11,14-15,18-19,34H,6-7,9-10H2,1-2H3,(H2,25,27)(H,26,35)(H3,24,28,29)/t14-,15?,18?,19+,23?/m0/s1. The first kappa shape index (κ1) is 23.1. The van der Waals surface area contributed by atoms with Crippen LogP contribution < -0.4 is 22.1 Å². The molecule has 1 spiro atoms. The molecule has 7 N–H and O–H groups in total. The van der Waals surface area contributed by atoms with Crippen LogP contribution in [0.2, 0.25) is 0 Å². The zero-order valence-electron chi connectivity index (χ0n) is 19.6. The zero-order valence-corrected chi connectivity index (χ0v) is 19.6. The van der Waals surface area contributed by atoms with Crippen LogP contribution in [0.15, 0.2) is 34.3 Å². The number of aliphatic imine (C=N–C) groups is 2. The van der Waals surface area contributed by atoms with E-state index in [4.69, 9.17) is 11.5 Å². The number of amides is 3. The van der Waals surface area contributed by atoms with Crippen molar-refractivity contribution in [2.24, 2.45) is 21.5 Å². The van der Waals surface area contributed by atoms with Gasteiger partial charge in [-0.25, -0.2) is 9.98 Å². The molecular weight excluding hydrogens is 452 g/mol. The van der Waals surface area contributed by atoms with Gasteiger partial charge in [0.25, 0.3) is 5.91 Å². The van der Waals surface area contributed by atoms with E-state index < -0.39 is 29.9 Å². The Morgan fingerprint density at radius 1 is 1.26 bits per heavy atom. The third kappa shape index (κ3) is 3.59. The molecule has 4 aliphatic rings. The smallest absolute Gasteiger partial charge is 0.251 e. The van der Waals surface area contributed by atoms with Crippen LogP contribution in [0.5, 0.6) is 0 Å². The number of carbonyl (C=O) groups excluding carboxylic acids is 3. The van der Waals surface area contributed by atoms with Gasteiger partial charge in [0.2, 0.25) is 11.8 Å². The van der Waals surface area contributed by atoms with Crippen LogP contribution in [-0.4, -0.2) is 87.5 Å². The second kappa shape index (κ2) is 8.22. The number of hydrogen-bond acceptors (Lipinski definition) is 10. The monoisotopic (exact) mass is 482 g/mol. The Morgan fingerprint density at radius 3 is 2.66 bits per heavy atom. The summed E-state index contributed by atoms with van der Waals surface area (Å²) in [6.07, 6.45) is -0.841. The summed E-state index contributed by atoms with van der Waals surface area (Å²) in [6, 6.07) is 5.23. The highest BCUT2D eigenvalue weighted by Gasteiger charge is 2.65. The number of rotatable bonds is 5. The molecule has 3 unspecified atom stereocenters. The number of likely N-dealkylation sites (tertiary alicyclic amines) is 1. The second-order valence-corrected chi connectivity index (χ2v) is 9.78. The molecule has 2 fully saturated rings. The molecule has 0 saturated carbocycles. The summed E-state index contributed by atoms with van der Waals surface area (Å²) >= 11 is 0. The number of carbonyl (C=O) groups is 3. The van der Waals surface area contributed by atoms with Gasteiger partial charge in [-0.3, -0.25) is 19.3 Å². The molecule has 1 aromatic rings. The number of aliphatic hydroxyl groups is 1. The predicted octanol–water partition coefficient (Wildman–Crippen LogP) is -1.59. The summed E-state index contributed by atoms with van der Waals surface area (Å²) in [5, 5.41) is 17.5. The lowest BCUT2D eigenvalue weighted by molar-refractivity contribution is -0.138. The molecule has 0 aliphatic carbocycles. The van der Waals surface area contributed by atoms with E-state index in [1.165, 1.54) is 0 Å². The molecule has 5 rings (SSSR count). The lowest BCUT2D eigenvalue weighted by Crippen LogP contribution is -2.73. The van der Waals surface area contributed by atoms with E-state index >= 15 is 0 Å². The SMILES string of the molecule is CC(C)c1cccc(C(=O)NC2CN3C(N)=N[C@@H](CN4C(=O)CCC4=O)C4N=C(N)NC43[C@@H]2O)c1. The van der Waals surface area contributed by atoms with Gasteiger partial charge in [-0.15, -0.1) is 0 Å². The lowest BCUT2D eigenvalue weighted by Gasteiger charge is -2.46. The summed E-state index contributed by atoms with van der Waals surface area (Å²) in [4.78, 5) is 49.3. The van der Waals surface area contributed by atoms with Crippen molar-refractivity contribution >= 4 is 29.6 Å². The summed E-state index contributed by atoms with van der Waals surface area (Å²) in [6.45, 7) is 4.26. The van der Waals surface area contributed by atoms with E-state index in [9.17, 15) is 19.5 Å². The molecule has 0 bridgehead atoms. The number of hydrogen-bond donors (Lipinski definition) is 5. The van der Waals surface area contributed by atoms with Crippen molar-refractivity contribution in [1.29, 1.82) is 0 Å². The Labute approximate surface area is 202 Å². The predicted molar refractivity (Wildman–Crippen MR) is 127 cm³/mol. The van der Waals surface area contributed by atoms with Crippen LogP contribution in [0.1, 0.15) is 48.5 Å². The van der Waals surface area contributed by atoms with Crippen molar-refractivity contribution < 1.29 is 19.5 Å². The average Bonchev–Trinajstić information content (AvgIpc) is 3.43. The number of nitrogens with one attached hydrogen (secondary N) is 2. The van der Waals surface area contributed by atoms with E-state index in [0.717, 1.165) is 10.5 Å². The molecule has 0 radical (unpaired) electrons. The molecule has 3 amide bonds. The first-order valence-electron chi connectivity index (χ1n) is 11.8. The molecular formula is C23H30N8O4. The Bertz CT molecular complexity index is 1130. The Morgan fingerprint density at radius 2 is 1.97 bits per heavy atom. The van der Waals surface area contributed by atoms with Crippen molar-refractivity contribution in [3.63, 3.8) is 0 Å². The lowest BCUT2D eigenvalue weighted by atomic mass is 9.87. The number of aliphatic hydroxyl groups excluding tert-OH is 1. The fourth-order valence-electron chi connectivity index (χ4n) is 5.49. The minimum atomic E-state index is -1.26. The highest BCUT2D eigenvalue weighted by Crippen LogP contribution is 2.40. The van der Waals surface area contributed by atoms with Crippen molar-refractivity contribution in [2.45, 2.75) is 62.5 Å². The van der Waals surface area contributed by atoms with E-state index in [0.29, 0.717) is 5.56 Å². The number of nitrogens with zero attached hydrogens (tertiary/aromatic N) is 4. The average molecular weight is 483 g/mol. The van der Waals surface area contributed by atoms with E-state index in [1.54, 1.807) is 11.0 Å². The maximum absolute atomic E-state index is 13.1. The van der Waals surface area contributed by atoms with Gasteiger partial charge in [0.05, 0.1) is 18.6 Å². The summed E-state index contributed by atoms with van der Waals surface area (Å²) in [5.41, 5.74) is 12.6. The quantitative estimate of drug-likeness (QED) is 0.312. The molecule has 12 nitrogen and oxygen atoms in total. The van der Waals surface area contributed by atoms with E-state index in [-0.39, 0.29) is 61.5 Å². The molecule has 5 atom stereocenters. The molecule has 4 heterocycles. The maximum Gasteiger partial charge on any atom is 0.251 e. The van der Waals surface area contributed by atoms with Crippen LogP contribution in [0, 0.1) is 0 Å². The van der Waals surface area contributed by atoms with Crippen LogP contribution in [0.4, 0.5) is 0 Å². The Kier molecular flexibility index (Phi) is 5.42. The van der Waals surface area contributed by atoms with Gasteiger partial charge in [0, 0.05) is 24.9 Å². The molecule has 4 aliphatic heterocycles. The molecule has 2 saturated heterocycles. The molecule has 186 valence electrons. The highest BCUT2D eigenvalue weighted by atomic mass is 16.3. The fraction of sp³-hybridized carbons (Fsp3) is 0.522. The van der Waals surface area contributed by atoms with Gasteiger partial charge in [0.15, 0.2) is 17.6 Å². The fourth-order valence-corrected chi connectivity index (χ4v) is 5.49. The maximum atomic E-state index is 13.1. The van der Waals surface area contributed by atoms with Gasteiger partial charge in [-0.2, -0.15) is 0 Å². The topological polar surface area (TPSA) is 179 Å². The van der Waals surface area contributed by atoms with Gasteiger partial charge in [-0.1, -0.05) is 26.0 Å². The van der Waals surface area contributed by atoms with Crippen LogP contribution in [-0.2, 0) is 9.59 Å². The Balaban J connectivity index is 1.41. The van der Waals surface area contributed by atoms with Crippen molar-refractivity contribution in [3.8, 4) is 0 Å². The van der Waals surface area contributed by atoms with Gasteiger partial charge >= 0.3 is 0 Å². The van der Waals surface area contributed by atoms with E-state index in [2.05, 4.69) is 20.6 Å². The number of imide groups is 1. The van der Waals surface area contributed by atoms with Crippen LogP contribution >= 0.6 is 0 Å². The largest absolute Gasteiger partial charge is 0.386 e. The normalized spacial score (nSPS) is 31.8. The molecule has 0 aromatic heterocycles. The van der Waals surface area contributed by atoms with Gasteiger partial charge < -0.3 is 32.1 Å². The first-order valence-corrected chi connectivity index (χ1v) is 11.8. The molecule has 35 heavy (non-hydrogen) atoms. The summed E-state index contributed by atoms with van der Waals surface area (Å²) in [5.74, 6) is -0.409. The third-order valence-electron chi connectivity index (χ3n) is 7.31. The van der Waals surface area contributed by atoms with E-state index in [1.807, 2.05) is 32.0 Å². The number of guanidine groups is 2. The van der Waals surface area contributed by atoms with Crippen LogP contribution in [0.25, 0.3) is 0 Å².